The third-order valence-electron chi connectivity index (χ3n) is 2.77. The van der Waals surface area contributed by atoms with Crippen LogP contribution in [0.1, 0.15) is 0 Å². The standard InChI is InChI=1S/C14H11N5/c15-14-12(10-1-3-16-4-2-10)7-11(8-19-14)13-9-17-5-6-18-13/h1-9H,(H2,15,19). The number of nitrogens with zero attached hydrogens (tertiary/aromatic N) is 4. The largest absolute Gasteiger partial charge is 0.383 e. The van der Waals surface area contributed by atoms with Crippen molar-refractivity contribution in [3.8, 4) is 22.4 Å². The smallest absolute Gasteiger partial charge is 0.131 e. The minimum Gasteiger partial charge on any atom is -0.383 e. The Hall–Kier alpha value is -2.82. The molecule has 0 aliphatic carbocycles. The fourth-order valence-corrected chi connectivity index (χ4v) is 1.83. The summed E-state index contributed by atoms with van der Waals surface area (Å²) < 4.78 is 0. The van der Waals surface area contributed by atoms with Crippen LogP contribution in [0.15, 0.2) is 55.4 Å². The van der Waals surface area contributed by atoms with Gasteiger partial charge in [0, 0.05) is 42.1 Å². The predicted octanol–water partition coefficient (Wildman–Crippen LogP) is 2.18. The number of pyridine rings is 2. The number of hydrogen-bond acceptors (Lipinski definition) is 5. The molecule has 0 atom stereocenters. The van der Waals surface area contributed by atoms with E-state index >= 15 is 0 Å². The van der Waals surface area contributed by atoms with Crippen molar-refractivity contribution < 1.29 is 0 Å². The molecule has 0 bridgehead atoms. The molecular weight excluding hydrogens is 238 g/mol. The highest BCUT2D eigenvalue weighted by Crippen LogP contribution is 2.27. The van der Waals surface area contributed by atoms with Gasteiger partial charge in [-0.2, -0.15) is 0 Å². The lowest BCUT2D eigenvalue weighted by atomic mass is 10.1. The molecule has 0 saturated carbocycles. The van der Waals surface area contributed by atoms with Crippen LogP contribution in [0.25, 0.3) is 22.4 Å². The summed E-state index contributed by atoms with van der Waals surface area (Å²) in [5.41, 5.74) is 9.43. The average molecular weight is 249 g/mol. The molecule has 5 heteroatoms. The Morgan fingerprint density at radius 2 is 1.63 bits per heavy atom. The fraction of sp³-hybridized carbons (Fsp3) is 0. The van der Waals surface area contributed by atoms with Crippen LogP contribution in [0.4, 0.5) is 5.82 Å². The highest BCUT2D eigenvalue weighted by atomic mass is 14.8. The molecule has 3 heterocycles. The monoisotopic (exact) mass is 249 g/mol. The van der Waals surface area contributed by atoms with E-state index in [2.05, 4.69) is 19.9 Å². The summed E-state index contributed by atoms with van der Waals surface area (Å²) in [5.74, 6) is 0.485. The maximum atomic E-state index is 5.93. The number of aromatic nitrogens is 4. The molecule has 0 unspecified atom stereocenters. The van der Waals surface area contributed by atoms with Crippen molar-refractivity contribution in [2.24, 2.45) is 0 Å². The van der Waals surface area contributed by atoms with E-state index in [0.717, 1.165) is 22.4 Å². The normalized spacial score (nSPS) is 10.3. The Labute approximate surface area is 110 Å². The van der Waals surface area contributed by atoms with Crippen molar-refractivity contribution in [2.45, 2.75) is 0 Å². The SMILES string of the molecule is Nc1ncc(-c2cnccn2)cc1-c1ccncc1. The van der Waals surface area contributed by atoms with Crippen LogP contribution in [0, 0.1) is 0 Å². The Morgan fingerprint density at radius 3 is 2.37 bits per heavy atom. The summed E-state index contributed by atoms with van der Waals surface area (Å²) >= 11 is 0. The quantitative estimate of drug-likeness (QED) is 0.753. The highest BCUT2D eigenvalue weighted by molar-refractivity contribution is 5.77. The first kappa shape index (κ1) is 11.3. The number of anilines is 1. The molecule has 0 fully saturated rings. The third-order valence-corrected chi connectivity index (χ3v) is 2.77. The molecular formula is C14H11N5. The van der Waals surface area contributed by atoms with Gasteiger partial charge in [-0.25, -0.2) is 4.98 Å². The second-order valence-corrected chi connectivity index (χ2v) is 3.98. The molecule has 3 aromatic rings. The fourth-order valence-electron chi connectivity index (χ4n) is 1.83. The Morgan fingerprint density at radius 1 is 0.789 bits per heavy atom. The van der Waals surface area contributed by atoms with Gasteiger partial charge in [0.05, 0.1) is 11.9 Å². The summed E-state index contributed by atoms with van der Waals surface area (Å²) in [6.45, 7) is 0. The Kier molecular flexibility index (Phi) is 2.86. The third kappa shape index (κ3) is 2.26. The van der Waals surface area contributed by atoms with Gasteiger partial charge in [-0.1, -0.05) is 0 Å². The van der Waals surface area contributed by atoms with Gasteiger partial charge in [-0.15, -0.1) is 0 Å². The van der Waals surface area contributed by atoms with E-state index in [1.807, 2.05) is 18.2 Å². The van der Waals surface area contributed by atoms with Gasteiger partial charge in [-0.3, -0.25) is 15.0 Å². The average Bonchev–Trinajstić information content (AvgIpc) is 2.49. The van der Waals surface area contributed by atoms with E-state index in [9.17, 15) is 0 Å². The van der Waals surface area contributed by atoms with Gasteiger partial charge < -0.3 is 5.73 Å². The minimum absolute atomic E-state index is 0.485. The first-order valence-corrected chi connectivity index (χ1v) is 5.77. The van der Waals surface area contributed by atoms with Gasteiger partial charge in [0.25, 0.3) is 0 Å². The summed E-state index contributed by atoms with van der Waals surface area (Å²) in [6.07, 6.45) is 10.1. The molecule has 0 spiro atoms. The maximum absolute atomic E-state index is 5.93. The second-order valence-electron chi connectivity index (χ2n) is 3.98. The van der Waals surface area contributed by atoms with E-state index < -0.39 is 0 Å². The molecule has 0 aliphatic heterocycles. The molecule has 3 rings (SSSR count). The lowest BCUT2D eigenvalue weighted by Gasteiger charge is -2.07. The van der Waals surface area contributed by atoms with Crippen molar-refractivity contribution in [1.82, 2.24) is 19.9 Å². The number of nitrogen functional groups attached to an aromatic ring is 1. The van der Waals surface area contributed by atoms with Crippen molar-refractivity contribution >= 4 is 5.82 Å². The van der Waals surface area contributed by atoms with Crippen LogP contribution in [0.3, 0.4) is 0 Å². The lowest BCUT2D eigenvalue weighted by molar-refractivity contribution is 1.20. The van der Waals surface area contributed by atoms with Crippen LogP contribution in [-0.2, 0) is 0 Å². The van der Waals surface area contributed by atoms with Gasteiger partial charge >= 0.3 is 0 Å². The summed E-state index contributed by atoms with van der Waals surface area (Å²) in [5, 5.41) is 0. The Bertz CT molecular complexity index is 683. The molecule has 5 nitrogen and oxygen atoms in total. The van der Waals surface area contributed by atoms with E-state index in [0.29, 0.717) is 5.82 Å². The molecule has 92 valence electrons. The topological polar surface area (TPSA) is 77.6 Å². The molecule has 0 radical (unpaired) electrons. The van der Waals surface area contributed by atoms with Crippen LogP contribution in [-0.4, -0.2) is 19.9 Å². The van der Waals surface area contributed by atoms with Gasteiger partial charge in [0.15, 0.2) is 0 Å². The first-order valence-electron chi connectivity index (χ1n) is 5.77. The molecule has 0 aromatic carbocycles. The number of nitrogens with two attached hydrogens (primary N) is 1. The summed E-state index contributed by atoms with van der Waals surface area (Å²) in [7, 11) is 0. The van der Waals surface area contributed by atoms with E-state index in [1.54, 1.807) is 37.2 Å². The zero-order valence-electron chi connectivity index (χ0n) is 10.1. The van der Waals surface area contributed by atoms with E-state index in [1.165, 1.54) is 0 Å². The van der Waals surface area contributed by atoms with E-state index in [-0.39, 0.29) is 0 Å². The van der Waals surface area contributed by atoms with Crippen molar-refractivity contribution in [2.75, 3.05) is 5.73 Å². The van der Waals surface area contributed by atoms with Crippen molar-refractivity contribution in [3.63, 3.8) is 0 Å². The first-order chi connectivity index (χ1) is 9.34. The molecule has 0 saturated heterocycles. The highest BCUT2D eigenvalue weighted by Gasteiger charge is 2.07. The predicted molar refractivity (Wildman–Crippen MR) is 72.9 cm³/mol. The molecule has 2 N–H and O–H groups in total. The van der Waals surface area contributed by atoms with Crippen LogP contribution < -0.4 is 5.73 Å². The number of hydrogen-bond donors (Lipinski definition) is 1. The molecule has 3 aromatic heterocycles. The van der Waals surface area contributed by atoms with Crippen LogP contribution >= 0.6 is 0 Å². The van der Waals surface area contributed by atoms with Gasteiger partial charge in [-0.05, 0) is 23.8 Å². The van der Waals surface area contributed by atoms with Gasteiger partial charge in [0.1, 0.15) is 5.82 Å². The zero-order valence-corrected chi connectivity index (χ0v) is 10.1. The second kappa shape index (κ2) is 4.81. The van der Waals surface area contributed by atoms with Gasteiger partial charge in [0.2, 0.25) is 0 Å². The summed E-state index contributed by atoms with van der Waals surface area (Å²) in [4.78, 5) is 16.5. The molecule has 19 heavy (non-hydrogen) atoms. The summed E-state index contributed by atoms with van der Waals surface area (Å²) in [6, 6.07) is 5.75. The van der Waals surface area contributed by atoms with E-state index in [4.69, 9.17) is 5.73 Å². The zero-order chi connectivity index (χ0) is 13.1. The Balaban J connectivity index is 2.12. The minimum atomic E-state index is 0.485. The number of rotatable bonds is 2. The molecule has 0 aliphatic rings. The van der Waals surface area contributed by atoms with Crippen molar-refractivity contribution in [3.05, 3.63) is 55.4 Å². The van der Waals surface area contributed by atoms with Crippen LogP contribution in [0.5, 0.6) is 0 Å². The van der Waals surface area contributed by atoms with Crippen LogP contribution in [0.2, 0.25) is 0 Å². The van der Waals surface area contributed by atoms with Crippen molar-refractivity contribution in [1.29, 1.82) is 0 Å². The lowest BCUT2D eigenvalue weighted by Crippen LogP contribution is -1.95. The maximum Gasteiger partial charge on any atom is 0.131 e. The molecule has 0 amide bonds.